The molecule has 0 spiro atoms. The van der Waals surface area contributed by atoms with Crippen LogP contribution in [-0.2, 0) is 0 Å². The van der Waals surface area contributed by atoms with Crippen molar-refractivity contribution in [2.75, 3.05) is 0 Å². The van der Waals surface area contributed by atoms with Gasteiger partial charge >= 0.3 is 0 Å². The molecule has 11 aromatic carbocycles. The molecule has 0 aliphatic rings. The average Bonchev–Trinajstić information content (AvgIpc) is 2.41. The zero-order chi connectivity index (χ0) is 60.0. The molecule has 15 aromatic rings. The maximum absolute atomic E-state index is 5.33. The highest BCUT2D eigenvalue weighted by atomic mass is 14.7. The monoisotopic (exact) mass is 1150 g/mol. The first kappa shape index (κ1) is 54.7. The topological polar surface area (TPSA) is 51.6 Å². The summed E-state index contributed by atoms with van der Waals surface area (Å²) in [6.45, 7) is 0. The minimum atomic E-state index is 0.903. The Kier molecular flexibility index (Phi) is 15.0. The molecule has 0 saturated carbocycles. The fourth-order valence-electron chi connectivity index (χ4n) is 11.9. The molecule has 90 heavy (non-hydrogen) atoms. The van der Waals surface area contributed by atoms with Gasteiger partial charge in [-0.3, -0.25) is 0 Å². The minimum absolute atomic E-state index is 0.903. The summed E-state index contributed by atoms with van der Waals surface area (Å²) in [5.74, 6) is 0. The molecule has 4 nitrogen and oxygen atoms in total. The van der Waals surface area contributed by atoms with Crippen LogP contribution in [0.3, 0.4) is 0 Å². The first-order valence-corrected chi connectivity index (χ1v) is 30.5. The van der Waals surface area contributed by atoms with Crippen LogP contribution in [0.25, 0.3) is 157 Å². The van der Waals surface area contributed by atoms with Gasteiger partial charge in [-0.2, -0.15) is 0 Å². The van der Waals surface area contributed by atoms with Crippen LogP contribution < -0.4 is 0 Å². The Morgan fingerprint density at radius 2 is 0.244 bits per heavy atom. The highest BCUT2D eigenvalue weighted by Gasteiger charge is 2.16. The van der Waals surface area contributed by atoms with Gasteiger partial charge in [-0.05, 0) is 121 Å². The summed E-state index contributed by atoms with van der Waals surface area (Å²) in [4.78, 5) is 20.9. The minimum Gasteiger partial charge on any atom is -0.248 e. The standard InChI is InChI=1S/C86H58N4/c1-7-20-65(21-8-1)79-51-75(52-80(87-79)66-22-9-2-10-23-66)63-38-34-59(35-39-63)61-42-46-71(47-43-61)85-57-77(55-83(89-85)69-28-15-5-16-29-69)73-32-19-33-74(50-73)78-56-84(70-30-17-6-18-31-70)90-86(58-78)72-48-44-62(45-49-72)60-36-40-64(41-37-60)76-53-81(67-24-11-3-12-25-67)88-82(54-76)68-26-13-4-14-27-68/h1-58H. The predicted molar refractivity (Wildman–Crippen MR) is 374 cm³/mol. The Balaban J connectivity index is 0.719. The van der Waals surface area contributed by atoms with Gasteiger partial charge in [0, 0.05) is 44.5 Å². The number of benzene rings is 11. The van der Waals surface area contributed by atoms with Crippen molar-refractivity contribution in [1.82, 2.24) is 19.9 Å². The van der Waals surface area contributed by atoms with Crippen molar-refractivity contribution in [2.24, 2.45) is 0 Å². The Labute approximate surface area is 525 Å². The second-order valence-electron chi connectivity index (χ2n) is 22.6. The summed E-state index contributed by atoms with van der Waals surface area (Å²) < 4.78 is 0. The van der Waals surface area contributed by atoms with Crippen molar-refractivity contribution in [2.45, 2.75) is 0 Å². The largest absolute Gasteiger partial charge is 0.248 e. The predicted octanol–water partition coefficient (Wildman–Crippen LogP) is 22.6. The van der Waals surface area contributed by atoms with Crippen molar-refractivity contribution in [3.8, 4) is 157 Å². The Morgan fingerprint density at radius 3 is 0.444 bits per heavy atom. The zero-order valence-corrected chi connectivity index (χ0v) is 49.3. The summed E-state index contributed by atoms with van der Waals surface area (Å²) in [7, 11) is 0. The van der Waals surface area contributed by atoms with E-state index in [2.05, 4.69) is 328 Å². The van der Waals surface area contributed by atoms with Crippen LogP contribution in [0.15, 0.2) is 352 Å². The third-order valence-electron chi connectivity index (χ3n) is 16.7. The van der Waals surface area contributed by atoms with Crippen molar-refractivity contribution in [3.63, 3.8) is 0 Å². The van der Waals surface area contributed by atoms with Gasteiger partial charge in [0.1, 0.15) is 0 Å². The maximum atomic E-state index is 5.33. The number of pyridine rings is 4. The van der Waals surface area contributed by atoms with Gasteiger partial charge in [-0.15, -0.1) is 0 Å². The molecule has 4 aromatic heterocycles. The lowest BCUT2D eigenvalue weighted by molar-refractivity contribution is 1.32. The molecule has 15 rings (SSSR count). The lowest BCUT2D eigenvalue weighted by Gasteiger charge is -2.14. The van der Waals surface area contributed by atoms with Crippen LogP contribution in [0.4, 0.5) is 0 Å². The van der Waals surface area contributed by atoms with Crippen molar-refractivity contribution in [3.05, 3.63) is 352 Å². The van der Waals surface area contributed by atoms with Gasteiger partial charge < -0.3 is 0 Å². The van der Waals surface area contributed by atoms with Crippen LogP contribution in [0.1, 0.15) is 0 Å². The molecule has 0 bridgehead atoms. The van der Waals surface area contributed by atoms with Crippen LogP contribution >= 0.6 is 0 Å². The molecule has 0 fully saturated rings. The smallest absolute Gasteiger partial charge is 0.0715 e. The van der Waals surface area contributed by atoms with E-state index in [-0.39, 0.29) is 0 Å². The Hall–Kier alpha value is -12.0. The molecule has 0 atom stereocenters. The van der Waals surface area contributed by atoms with Gasteiger partial charge in [-0.1, -0.05) is 297 Å². The molecule has 422 valence electrons. The lowest BCUT2D eigenvalue weighted by atomic mass is 9.94. The van der Waals surface area contributed by atoms with E-state index in [4.69, 9.17) is 19.9 Å². The van der Waals surface area contributed by atoms with Crippen LogP contribution in [0, 0.1) is 0 Å². The summed E-state index contributed by atoms with van der Waals surface area (Å²) >= 11 is 0. The van der Waals surface area contributed by atoms with E-state index in [0.717, 1.165) is 157 Å². The molecule has 0 unspecified atom stereocenters. The summed E-state index contributed by atoms with van der Waals surface area (Å²) in [5.41, 5.74) is 29.4. The van der Waals surface area contributed by atoms with Gasteiger partial charge in [-0.25, -0.2) is 19.9 Å². The normalized spacial score (nSPS) is 11.1. The quantitative estimate of drug-likeness (QED) is 0.109. The van der Waals surface area contributed by atoms with Crippen LogP contribution in [0.2, 0.25) is 0 Å². The third kappa shape index (κ3) is 11.8. The van der Waals surface area contributed by atoms with E-state index in [1.807, 2.05) is 24.3 Å². The van der Waals surface area contributed by atoms with Crippen molar-refractivity contribution in [1.29, 1.82) is 0 Å². The van der Waals surface area contributed by atoms with Crippen LogP contribution in [-0.4, -0.2) is 19.9 Å². The van der Waals surface area contributed by atoms with Crippen LogP contribution in [0.5, 0.6) is 0 Å². The number of rotatable bonds is 14. The molecule has 0 amide bonds. The van der Waals surface area contributed by atoms with E-state index < -0.39 is 0 Å². The van der Waals surface area contributed by atoms with Gasteiger partial charge in [0.15, 0.2) is 0 Å². The van der Waals surface area contributed by atoms with Gasteiger partial charge in [0.25, 0.3) is 0 Å². The average molecular weight is 1150 g/mol. The SMILES string of the molecule is c1ccc(-c2cc(-c3ccc(-c4ccc(-c5cc(-c6cccc(-c7cc(-c8ccccc8)nc(-c8ccc(-c9ccc(-c%10cc(-c%11ccccc%11)nc(-c%11ccccc%11)c%10)cc9)cc8)c7)c6)cc(-c6ccccc6)n5)cc4)cc3)cc(-c3ccccc3)n2)cc1. The van der Waals surface area contributed by atoms with E-state index in [0.29, 0.717) is 0 Å². The second kappa shape index (κ2) is 24.8. The lowest BCUT2D eigenvalue weighted by Crippen LogP contribution is -1.93. The number of nitrogens with zero attached hydrogens (tertiary/aromatic N) is 4. The van der Waals surface area contributed by atoms with E-state index in [1.165, 1.54) is 0 Å². The summed E-state index contributed by atoms with van der Waals surface area (Å²) in [5, 5.41) is 0. The van der Waals surface area contributed by atoms with Gasteiger partial charge in [0.2, 0.25) is 0 Å². The third-order valence-corrected chi connectivity index (χ3v) is 16.7. The molecule has 0 N–H and O–H groups in total. The molecular weight excluding hydrogens is 1090 g/mol. The Bertz CT molecular complexity index is 4530. The van der Waals surface area contributed by atoms with E-state index in [1.54, 1.807) is 0 Å². The molecule has 4 heteroatoms. The fraction of sp³-hybridized carbons (Fsp3) is 0. The maximum Gasteiger partial charge on any atom is 0.0715 e. The molecular formula is C86H58N4. The number of aromatic nitrogens is 4. The highest BCUT2D eigenvalue weighted by molar-refractivity contribution is 5.85. The highest BCUT2D eigenvalue weighted by Crippen LogP contribution is 2.39. The Morgan fingerprint density at radius 1 is 0.100 bits per heavy atom. The van der Waals surface area contributed by atoms with Crippen molar-refractivity contribution < 1.29 is 0 Å². The zero-order valence-electron chi connectivity index (χ0n) is 49.3. The summed E-state index contributed by atoms with van der Waals surface area (Å²) in [6, 6.07) is 124. The first-order valence-electron chi connectivity index (χ1n) is 30.5. The number of hydrogen-bond donors (Lipinski definition) is 0. The van der Waals surface area contributed by atoms with E-state index >= 15 is 0 Å². The van der Waals surface area contributed by atoms with Crippen molar-refractivity contribution >= 4 is 0 Å². The number of hydrogen-bond acceptors (Lipinski definition) is 4. The van der Waals surface area contributed by atoms with E-state index in [9.17, 15) is 0 Å². The molecule has 4 heterocycles. The molecule has 0 radical (unpaired) electrons. The molecule has 0 aliphatic carbocycles. The summed E-state index contributed by atoms with van der Waals surface area (Å²) in [6.07, 6.45) is 0. The fourth-order valence-corrected chi connectivity index (χ4v) is 11.9. The molecule has 0 aliphatic heterocycles. The first-order chi connectivity index (χ1) is 44.5. The molecule has 0 saturated heterocycles. The van der Waals surface area contributed by atoms with Gasteiger partial charge in [0.05, 0.1) is 45.6 Å². The second-order valence-corrected chi connectivity index (χ2v) is 22.6.